The molecule has 0 atom stereocenters. The first-order chi connectivity index (χ1) is 6.84. The Morgan fingerprint density at radius 3 is 2.27 bits per heavy atom. The van der Waals surface area contributed by atoms with Crippen LogP contribution in [0.4, 0.5) is 5.82 Å². The molecule has 4 heteroatoms. The number of anilines is 1. The average Bonchev–Trinajstić information content (AvgIpc) is 2.15. The highest BCUT2D eigenvalue weighted by Crippen LogP contribution is 2.22. The lowest BCUT2D eigenvalue weighted by Crippen LogP contribution is -2.19. The van der Waals surface area contributed by atoms with Gasteiger partial charge in [-0.1, -0.05) is 20.8 Å². The maximum atomic E-state index is 10.7. The van der Waals surface area contributed by atoms with Crippen molar-refractivity contribution in [1.29, 1.82) is 0 Å². The Morgan fingerprint density at radius 2 is 1.87 bits per heavy atom. The zero-order chi connectivity index (χ0) is 11.6. The summed E-state index contributed by atoms with van der Waals surface area (Å²) >= 11 is 0. The number of rotatable bonds is 2. The minimum absolute atomic E-state index is 0.0779. The second-order valence-corrected chi connectivity index (χ2v) is 4.73. The van der Waals surface area contributed by atoms with Crippen LogP contribution in [0.5, 0.6) is 0 Å². The van der Waals surface area contributed by atoms with Crippen molar-refractivity contribution in [3.05, 3.63) is 17.6 Å². The van der Waals surface area contributed by atoms with E-state index in [4.69, 9.17) is 0 Å². The molecule has 0 aliphatic rings. The molecule has 0 radical (unpaired) electrons. The van der Waals surface area contributed by atoms with Crippen LogP contribution in [0.3, 0.4) is 0 Å². The summed E-state index contributed by atoms with van der Waals surface area (Å²) < 4.78 is 0. The average molecular weight is 207 g/mol. The van der Waals surface area contributed by atoms with Crippen molar-refractivity contribution in [2.24, 2.45) is 0 Å². The van der Waals surface area contributed by atoms with E-state index in [0.717, 1.165) is 11.5 Å². The molecule has 0 spiro atoms. The first kappa shape index (κ1) is 11.6. The van der Waals surface area contributed by atoms with Crippen LogP contribution in [0.15, 0.2) is 6.07 Å². The summed E-state index contributed by atoms with van der Waals surface area (Å²) in [6.07, 6.45) is 0.683. The predicted molar refractivity (Wildman–Crippen MR) is 60.4 cm³/mol. The van der Waals surface area contributed by atoms with Crippen LogP contribution in [0, 0.1) is 0 Å². The highest BCUT2D eigenvalue weighted by atomic mass is 16.1. The summed E-state index contributed by atoms with van der Waals surface area (Å²) in [5, 5.41) is 0. The van der Waals surface area contributed by atoms with Crippen molar-refractivity contribution in [2.45, 2.75) is 26.2 Å². The van der Waals surface area contributed by atoms with Crippen LogP contribution < -0.4 is 4.90 Å². The van der Waals surface area contributed by atoms with E-state index in [1.807, 2.05) is 25.1 Å². The first-order valence-corrected chi connectivity index (χ1v) is 4.86. The normalized spacial score (nSPS) is 11.3. The lowest BCUT2D eigenvalue weighted by Gasteiger charge is -2.20. The molecule has 0 saturated heterocycles. The number of carbonyl (C=O) groups excluding carboxylic acids is 1. The van der Waals surface area contributed by atoms with Crippen molar-refractivity contribution < 1.29 is 4.79 Å². The Kier molecular flexibility index (Phi) is 3.07. The number of carbonyl (C=O) groups is 1. The van der Waals surface area contributed by atoms with Gasteiger partial charge in [-0.2, -0.15) is 0 Å². The smallest absolute Gasteiger partial charge is 0.194 e. The van der Waals surface area contributed by atoms with Crippen LogP contribution in [0.2, 0.25) is 0 Å². The fraction of sp³-hybridized carbons (Fsp3) is 0.545. The molecule has 0 N–H and O–H groups in total. The predicted octanol–water partition coefficient (Wildman–Crippen LogP) is 1.65. The van der Waals surface area contributed by atoms with Crippen molar-refractivity contribution in [3.8, 4) is 0 Å². The van der Waals surface area contributed by atoms with Gasteiger partial charge in [0, 0.05) is 25.6 Å². The maximum Gasteiger partial charge on any atom is 0.194 e. The van der Waals surface area contributed by atoms with Gasteiger partial charge < -0.3 is 4.90 Å². The zero-order valence-corrected chi connectivity index (χ0v) is 9.90. The van der Waals surface area contributed by atoms with Gasteiger partial charge in [-0.15, -0.1) is 0 Å². The molecular weight excluding hydrogens is 190 g/mol. The second-order valence-electron chi connectivity index (χ2n) is 4.73. The van der Waals surface area contributed by atoms with E-state index in [0.29, 0.717) is 6.29 Å². The van der Waals surface area contributed by atoms with Gasteiger partial charge in [0.05, 0.1) is 5.69 Å². The summed E-state index contributed by atoms with van der Waals surface area (Å²) in [5.41, 5.74) is 0.800. The summed E-state index contributed by atoms with van der Waals surface area (Å²) in [7, 11) is 3.78. The highest BCUT2D eigenvalue weighted by molar-refractivity contribution is 5.70. The van der Waals surface area contributed by atoms with Gasteiger partial charge in [0.1, 0.15) is 5.82 Å². The molecule has 82 valence electrons. The standard InChI is InChI=1S/C11H17N3O/c1-11(2,3)8-6-10(14(4)5)13-9(7-15)12-8/h6-7H,1-5H3. The third-order valence-electron chi connectivity index (χ3n) is 2.06. The Morgan fingerprint density at radius 1 is 1.27 bits per heavy atom. The molecule has 0 amide bonds. The van der Waals surface area contributed by atoms with Gasteiger partial charge >= 0.3 is 0 Å². The van der Waals surface area contributed by atoms with E-state index in [2.05, 4.69) is 30.7 Å². The molecule has 1 rings (SSSR count). The van der Waals surface area contributed by atoms with Crippen molar-refractivity contribution in [3.63, 3.8) is 0 Å². The molecule has 1 aromatic rings. The SMILES string of the molecule is CN(C)c1cc(C(C)(C)C)nc(C=O)n1. The van der Waals surface area contributed by atoms with Crippen LogP contribution in [0.25, 0.3) is 0 Å². The summed E-state index contributed by atoms with van der Waals surface area (Å²) in [4.78, 5) is 20.9. The lowest BCUT2D eigenvalue weighted by atomic mass is 9.92. The van der Waals surface area contributed by atoms with Crippen molar-refractivity contribution >= 4 is 12.1 Å². The molecule has 0 aromatic carbocycles. The van der Waals surface area contributed by atoms with Gasteiger partial charge in [0.2, 0.25) is 0 Å². The van der Waals surface area contributed by atoms with Gasteiger partial charge in [-0.25, -0.2) is 9.97 Å². The van der Waals surface area contributed by atoms with Crippen molar-refractivity contribution in [2.75, 3.05) is 19.0 Å². The Labute approximate surface area is 90.3 Å². The van der Waals surface area contributed by atoms with E-state index < -0.39 is 0 Å². The molecule has 0 unspecified atom stereocenters. The first-order valence-electron chi connectivity index (χ1n) is 4.86. The van der Waals surface area contributed by atoms with Gasteiger partial charge in [0.25, 0.3) is 0 Å². The summed E-state index contributed by atoms with van der Waals surface area (Å²) in [6.45, 7) is 6.18. The molecule has 0 aliphatic carbocycles. The Bertz CT molecular complexity index is 367. The minimum Gasteiger partial charge on any atom is -0.363 e. The van der Waals surface area contributed by atoms with Crippen LogP contribution in [-0.4, -0.2) is 30.3 Å². The van der Waals surface area contributed by atoms with Crippen LogP contribution in [0.1, 0.15) is 37.1 Å². The summed E-state index contributed by atoms with van der Waals surface area (Å²) in [5.74, 6) is 1.00. The van der Waals surface area contributed by atoms with Gasteiger partial charge in [-0.3, -0.25) is 4.79 Å². The van der Waals surface area contributed by atoms with Gasteiger partial charge in [0.15, 0.2) is 12.1 Å². The highest BCUT2D eigenvalue weighted by Gasteiger charge is 2.18. The minimum atomic E-state index is -0.0779. The van der Waals surface area contributed by atoms with E-state index >= 15 is 0 Å². The van der Waals surface area contributed by atoms with E-state index in [9.17, 15) is 4.79 Å². The molecule has 1 aromatic heterocycles. The molecule has 0 fully saturated rings. The van der Waals surface area contributed by atoms with E-state index in [1.54, 1.807) is 0 Å². The molecule has 4 nitrogen and oxygen atoms in total. The van der Waals surface area contributed by atoms with Gasteiger partial charge in [-0.05, 0) is 0 Å². The van der Waals surface area contributed by atoms with E-state index in [-0.39, 0.29) is 11.2 Å². The third-order valence-corrected chi connectivity index (χ3v) is 2.06. The fourth-order valence-corrected chi connectivity index (χ4v) is 1.12. The number of nitrogens with zero attached hydrogens (tertiary/aromatic N) is 3. The van der Waals surface area contributed by atoms with Crippen LogP contribution in [-0.2, 0) is 5.41 Å². The lowest BCUT2D eigenvalue weighted by molar-refractivity contribution is 0.111. The zero-order valence-electron chi connectivity index (χ0n) is 9.90. The topological polar surface area (TPSA) is 46.1 Å². The third kappa shape index (κ3) is 2.75. The molecule has 1 heterocycles. The van der Waals surface area contributed by atoms with Crippen LogP contribution >= 0.6 is 0 Å². The monoisotopic (exact) mass is 207 g/mol. The number of hydrogen-bond acceptors (Lipinski definition) is 4. The molecule has 0 saturated carbocycles. The number of aldehydes is 1. The van der Waals surface area contributed by atoms with E-state index in [1.165, 1.54) is 0 Å². The molecule has 15 heavy (non-hydrogen) atoms. The second kappa shape index (κ2) is 3.96. The largest absolute Gasteiger partial charge is 0.363 e. The maximum absolute atomic E-state index is 10.7. The van der Waals surface area contributed by atoms with Crippen molar-refractivity contribution in [1.82, 2.24) is 9.97 Å². The number of hydrogen-bond donors (Lipinski definition) is 0. The quantitative estimate of drug-likeness (QED) is 0.692. The molecule has 0 aliphatic heterocycles. The molecule has 0 bridgehead atoms. The molecular formula is C11H17N3O. The Balaban J connectivity index is 3.29. The Hall–Kier alpha value is -1.45. The number of aromatic nitrogens is 2. The fourth-order valence-electron chi connectivity index (χ4n) is 1.12. The summed E-state index contributed by atoms with van der Waals surface area (Å²) in [6, 6.07) is 1.91.